The van der Waals surface area contributed by atoms with E-state index in [-0.39, 0.29) is 0 Å². The molecular formula is C22H24N2O3S. The van der Waals surface area contributed by atoms with E-state index in [9.17, 15) is 13.2 Å². The van der Waals surface area contributed by atoms with Crippen LogP contribution in [0.1, 0.15) is 47.6 Å². The highest BCUT2D eigenvalue weighted by atomic mass is 32.2. The topological polar surface area (TPSA) is 75.3 Å². The molecule has 0 aromatic heterocycles. The second-order valence-electron chi connectivity index (χ2n) is 7.50. The lowest BCUT2D eigenvalue weighted by molar-refractivity contribution is 0.256. The van der Waals surface area contributed by atoms with Crippen LogP contribution in [0.3, 0.4) is 0 Å². The fourth-order valence-electron chi connectivity index (χ4n) is 4.27. The molecule has 0 fully saturated rings. The van der Waals surface area contributed by atoms with Crippen LogP contribution in [0.2, 0.25) is 0 Å². The third-order valence-corrected chi connectivity index (χ3v) is 6.64. The normalized spacial score (nSPS) is 15.8. The number of carbonyl (C=O) groups is 1. The molecule has 2 N–H and O–H groups in total. The summed E-state index contributed by atoms with van der Waals surface area (Å²) in [5, 5.41) is 3.95. The van der Waals surface area contributed by atoms with E-state index in [0.29, 0.717) is 5.57 Å². The first-order chi connectivity index (χ1) is 13.4. The predicted molar refractivity (Wildman–Crippen MR) is 112 cm³/mol. The summed E-state index contributed by atoms with van der Waals surface area (Å²) in [7, 11) is -3.90. The van der Waals surface area contributed by atoms with E-state index in [1.165, 1.54) is 22.3 Å². The van der Waals surface area contributed by atoms with Crippen molar-refractivity contribution in [3.8, 4) is 0 Å². The minimum Gasteiger partial charge on any atom is -0.307 e. The minimum atomic E-state index is -3.90. The van der Waals surface area contributed by atoms with Crippen LogP contribution in [-0.2, 0) is 35.7 Å². The quantitative estimate of drug-likeness (QED) is 0.814. The predicted octanol–water partition coefficient (Wildman–Crippen LogP) is 4.18. The van der Waals surface area contributed by atoms with Crippen molar-refractivity contribution in [3.63, 3.8) is 0 Å². The molecule has 0 heterocycles. The monoisotopic (exact) mass is 396 g/mol. The standard InChI is InChI=1S/C22H24N2O3S/c1-15(16-7-3-2-4-8-16)14-28(26,27)24-22(25)23-21-19-11-5-9-17(19)13-18-10-6-12-20(18)21/h2-4,7-8,13-14H,5-6,9-12H2,1H3,(H2,23,24,25)/b15-14+. The van der Waals surface area contributed by atoms with Gasteiger partial charge in [0.2, 0.25) is 0 Å². The maximum absolute atomic E-state index is 12.5. The van der Waals surface area contributed by atoms with E-state index in [0.717, 1.165) is 55.2 Å². The molecule has 2 aromatic carbocycles. The van der Waals surface area contributed by atoms with Crippen LogP contribution in [0.5, 0.6) is 0 Å². The van der Waals surface area contributed by atoms with Crippen LogP contribution < -0.4 is 10.0 Å². The Kier molecular flexibility index (Phi) is 4.98. The molecule has 0 atom stereocenters. The van der Waals surface area contributed by atoms with Crippen molar-refractivity contribution in [2.24, 2.45) is 0 Å². The Morgan fingerprint density at radius 2 is 1.57 bits per heavy atom. The lowest BCUT2D eigenvalue weighted by Crippen LogP contribution is -2.33. The van der Waals surface area contributed by atoms with Gasteiger partial charge in [0.05, 0.1) is 5.41 Å². The van der Waals surface area contributed by atoms with Crippen LogP contribution in [0.15, 0.2) is 41.8 Å². The molecule has 0 saturated heterocycles. The number of fused-ring (bicyclic) bond motifs is 2. The molecule has 2 aliphatic rings. The summed E-state index contributed by atoms with van der Waals surface area (Å²) in [6.45, 7) is 1.71. The van der Waals surface area contributed by atoms with E-state index in [4.69, 9.17) is 0 Å². The molecule has 0 aliphatic heterocycles. The Balaban J connectivity index is 1.54. The van der Waals surface area contributed by atoms with E-state index in [1.807, 2.05) is 30.3 Å². The van der Waals surface area contributed by atoms with Crippen LogP contribution in [0.4, 0.5) is 10.5 Å². The molecule has 0 radical (unpaired) electrons. The Labute approximate surface area is 165 Å². The summed E-state index contributed by atoms with van der Waals surface area (Å²) >= 11 is 0. The molecule has 0 spiro atoms. The Morgan fingerprint density at radius 1 is 0.964 bits per heavy atom. The van der Waals surface area contributed by atoms with Gasteiger partial charge in [0.15, 0.2) is 0 Å². The second kappa shape index (κ2) is 7.43. The van der Waals surface area contributed by atoms with Crippen molar-refractivity contribution in [3.05, 3.63) is 69.6 Å². The minimum absolute atomic E-state index is 0.572. The van der Waals surface area contributed by atoms with Gasteiger partial charge in [-0.25, -0.2) is 17.9 Å². The number of allylic oxidation sites excluding steroid dienone is 1. The number of nitrogens with one attached hydrogen (secondary N) is 2. The van der Waals surface area contributed by atoms with Gasteiger partial charge in [-0.1, -0.05) is 36.4 Å². The average molecular weight is 397 g/mol. The molecule has 2 amide bonds. The van der Waals surface area contributed by atoms with Crippen molar-refractivity contribution in [2.45, 2.75) is 45.4 Å². The maximum Gasteiger partial charge on any atom is 0.333 e. The van der Waals surface area contributed by atoms with E-state index in [2.05, 4.69) is 16.1 Å². The molecular weight excluding hydrogens is 372 g/mol. The fourth-order valence-corrected chi connectivity index (χ4v) is 5.24. The zero-order valence-corrected chi connectivity index (χ0v) is 16.7. The fraction of sp³-hybridized carbons (Fsp3) is 0.318. The number of hydrogen-bond acceptors (Lipinski definition) is 3. The highest BCUT2D eigenvalue weighted by Gasteiger charge is 2.25. The Hall–Kier alpha value is -2.60. The molecule has 4 rings (SSSR count). The lowest BCUT2D eigenvalue weighted by atomic mass is 9.99. The van der Waals surface area contributed by atoms with Gasteiger partial charge >= 0.3 is 6.03 Å². The van der Waals surface area contributed by atoms with Gasteiger partial charge in [-0.05, 0) is 78.8 Å². The summed E-state index contributed by atoms with van der Waals surface area (Å²) < 4.78 is 27.0. The third-order valence-electron chi connectivity index (χ3n) is 5.51. The number of aryl methyl sites for hydroxylation is 2. The number of amides is 2. The third kappa shape index (κ3) is 3.83. The van der Waals surface area contributed by atoms with Gasteiger partial charge < -0.3 is 5.32 Å². The number of anilines is 1. The zero-order chi connectivity index (χ0) is 19.7. The second-order valence-corrected chi connectivity index (χ2v) is 9.03. The highest BCUT2D eigenvalue weighted by molar-refractivity contribution is 7.93. The van der Waals surface area contributed by atoms with E-state index >= 15 is 0 Å². The van der Waals surface area contributed by atoms with Crippen LogP contribution >= 0.6 is 0 Å². The molecule has 2 aromatic rings. The first-order valence-electron chi connectivity index (χ1n) is 9.67. The van der Waals surface area contributed by atoms with Gasteiger partial charge in [-0.2, -0.15) is 0 Å². The summed E-state index contributed by atoms with van der Waals surface area (Å²) in [6.07, 6.45) is 6.06. The molecule has 6 heteroatoms. The highest BCUT2D eigenvalue weighted by Crippen LogP contribution is 2.38. The van der Waals surface area contributed by atoms with Crippen molar-refractivity contribution in [1.29, 1.82) is 0 Å². The summed E-state index contributed by atoms with van der Waals surface area (Å²) in [4.78, 5) is 12.5. The molecule has 5 nitrogen and oxygen atoms in total. The Morgan fingerprint density at radius 3 is 2.18 bits per heavy atom. The molecule has 0 saturated carbocycles. The lowest BCUT2D eigenvalue weighted by Gasteiger charge is -2.16. The van der Waals surface area contributed by atoms with Crippen molar-refractivity contribution < 1.29 is 13.2 Å². The first-order valence-corrected chi connectivity index (χ1v) is 11.2. The summed E-state index contributed by atoms with van der Waals surface area (Å²) in [5.74, 6) is 0. The smallest absolute Gasteiger partial charge is 0.307 e. The van der Waals surface area contributed by atoms with Gasteiger partial charge in [0.25, 0.3) is 10.0 Å². The number of hydrogen-bond donors (Lipinski definition) is 2. The number of carbonyl (C=O) groups excluding carboxylic acids is 1. The first kappa shape index (κ1) is 18.7. The SMILES string of the molecule is C/C(=C\S(=O)(=O)NC(=O)Nc1c2c(cc3c1CCC3)CCC2)c1ccccc1. The van der Waals surface area contributed by atoms with Crippen LogP contribution in [-0.4, -0.2) is 14.4 Å². The van der Waals surface area contributed by atoms with Gasteiger partial charge in [-0.3, -0.25) is 0 Å². The molecule has 2 aliphatic carbocycles. The number of sulfonamides is 1. The molecule has 0 unspecified atom stereocenters. The van der Waals surface area contributed by atoms with Gasteiger partial charge in [0.1, 0.15) is 0 Å². The number of urea groups is 1. The Bertz CT molecular complexity index is 1020. The maximum atomic E-state index is 12.5. The number of rotatable bonds is 4. The molecule has 0 bridgehead atoms. The zero-order valence-electron chi connectivity index (χ0n) is 15.9. The average Bonchev–Trinajstić information content (AvgIpc) is 3.30. The van der Waals surface area contributed by atoms with E-state index < -0.39 is 16.1 Å². The van der Waals surface area contributed by atoms with Gasteiger partial charge in [-0.15, -0.1) is 0 Å². The molecule has 28 heavy (non-hydrogen) atoms. The van der Waals surface area contributed by atoms with Crippen molar-refractivity contribution in [1.82, 2.24) is 4.72 Å². The number of benzene rings is 2. The van der Waals surface area contributed by atoms with Crippen LogP contribution in [0, 0.1) is 0 Å². The summed E-state index contributed by atoms with van der Waals surface area (Å²) in [5.41, 5.74) is 7.12. The van der Waals surface area contributed by atoms with Crippen molar-refractivity contribution in [2.75, 3.05) is 5.32 Å². The summed E-state index contributed by atoms with van der Waals surface area (Å²) in [6, 6.07) is 10.8. The van der Waals surface area contributed by atoms with Crippen LogP contribution in [0.25, 0.3) is 5.57 Å². The molecule has 146 valence electrons. The van der Waals surface area contributed by atoms with E-state index in [1.54, 1.807) is 6.92 Å². The largest absolute Gasteiger partial charge is 0.333 e. The van der Waals surface area contributed by atoms with Gasteiger partial charge in [0, 0.05) is 5.69 Å². The van der Waals surface area contributed by atoms with Crippen molar-refractivity contribution >= 4 is 27.3 Å².